The van der Waals surface area contributed by atoms with E-state index in [0.29, 0.717) is 22.6 Å². The number of para-hydroxylation sites is 2. The number of aromatic nitrogens is 3. The lowest BCUT2D eigenvalue weighted by Crippen LogP contribution is -2.32. The van der Waals surface area contributed by atoms with Gasteiger partial charge in [-0.3, -0.25) is 15.1 Å². The molecule has 122 valence electrons. The van der Waals surface area contributed by atoms with Crippen LogP contribution in [0.5, 0.6) is 0 Å². The minimum absolute atomic E-state index is 0.0641. The van der Waals surface area contributed by atoms with Gasteiger partial charge in [0, 0.05) is 11.6 Å². The number of rotatable bonds is 5. The van der Waals surface area contributed by atoms with Gasteiger partial charge in [-0.1, -0.05) is 19.1 Å². The first-order chi connectivity index (χ1) is 11.7. The Morgan fingerprint density at radius 1 is 1.25 bits per heavy atom. The van der Waals surface area contributed by atoms with Crippen molar-refractivity contribution in [1.82, 2.24) is 15.0 Å². The summed E-state index contributed by atoms with van der Waals surface area (Å²) in [6.07, 6.45) is 2.34. The first-order valence-corrected chi connectivity index (χ1v) is 8.18. The van der Waals surface area contributed by atoms with E-state index in [9.17, 15) is 9.59 Å². The summed E-state index contributed by atoms with van der Waals surface area (Å²) in [5.74, 6) is -1.11. The Morgan fingerprint density at radius 2 is 2.04 bits per heavy atom. The molecular formula is C16H14N4O3S. The van der Waals surface area contributed by atoms with E-state index in [1.54, 1.807) is 30.6 Å². The van der Waals surface area contributed by atoms with Gasteiger partial charge in [-0.25, -0.2) is 14.8 Å². The number of amides is 1. The van der Waals surface area contributed by atoms with Crippen LogP contribution in [0.25, 0.3) is 11.0 Å². The van der Waals surface area contributed by atoms with Crippen molar-refractivity contribution in [3.63, 3.8) is 0 Å². The van der Waals surface area contributed by atoms with E-state index >= 15 is 0 Å². The second-order valence-corrected chi connectivity index (χ2v) is 5.77. The van der Waals surface area contributed by atoms with Crippen LogP contribution in [0.2, 0.25) is 0 Å². The average molecular weight is 342 g/mol. The molecule has 8 heteroatoms. The van der Waals surface area contributed by atoms with Crippen molar-refractivity contribution in [2.45, 2.75) is 19.4 Å². The third-order valence-electron chi connectivity index (χ3n) is 3.23. The van der Waals surface area contributed by atoms with Gasteiger partial charge >= 0.3 is 5.97 Å². The van der Waals surface area contributed by atoms with Crippen molar-refractivity contribution >= 4 is 39.4 Å². The molecule has 2 aromatic heterocycles. The van der Waals surface area contributed by atoms with Crippen molar-refractivity contribution in [3.05, 3.63) is 47.7 Å². The number of carbonyl (C=O) groups is 2. The van der Waals surface area contributed by atoms with Crippen molar-refractivity contribution in [1.29, 1.82) is 0 Å². The number of carbonyl (C=O) groups excluding carboxylic acids is 2. The first kappa shape index (κ1) is 16.0. The van der Waals surface area contributed by atoms with Gasteiger partial charge in [0.05, 0.1) is 17.2 Å². The molecule has 1 amide bonds. The number of anilines is 1. The summed E-state index contributed by atoms with van der Waals surface area (Å²) < 4.78 is 5.27. The van der Waals surface area contributed by atoms with E-state index in [1.165, 1.54) is 17.5 Å². The number of esters is 1. The molecule has 0 aliphatic carbocycles. The summed E-state index contributed by atoms with van der Waals surface area (Å²) in [5.41, 5.74) is 1.34. The summed E-state index contributed by atoms with van der Waals surface area (Å²) in [5, 5.41) is 4.82. The van der Waals surface area contributed by atoms with Crippen LogP contribution in [-0.4, -0.2) is 32.9 Å². The second kappa shape index (κ2) is 7.14. The second-order valence-electron chi connectivity index (χ2n) is 4.87. The van der Waals surface area contributed by atoms with Gasteiger partial charge in [0.25, 0.3) is 5.91 Å². The fourth-order valence-corrected chi connectivity index (χ4v) is 2.57. The van der Waals surface area contributed by atoms with Gasteiger partial charge in [0.2, 0.25) is 0 Å². The monoisotopic (exact) mass is 342 g/mol. The Bertz CT molecular complexity index is 867. The minimum atomic E-state index is -0.922. The van der Waals surface area contributed by atoms with Crippen LogP contribution in [0.1, 0.15) is 23.8 Å². The Hall–Kier alpha value is -2.87. The van der Waals surface area contributed by atoms with Gasteiger partial charge < -0.3 is 4.74 Å². The van der Waals surface area contributed by atoms with Crippen LogP contribution in [0.15, 0.2) is 42.0 Å². The van der Waals surface area contributed by atoms with Crippen molar-refractivity contribution in [2.24, 2.45) is 0 Å². The molecule has 2 heterocycles. The standard InChI is InChI=1S/C16H14N4O3S/c1-2-13(14(21)20-16-17-7-8-24-16)23-15(22)12-9-18-10-5-3-4-6-11(10)19-12/h3-9,13H,2H2,1H3,(H,17,20,21). The predicted octanol–water partition coefficient (Wildman–Crippen LogP) is 2.66. The largest absolute Gasteiger partial charge is 0.447 e. The SMILES string of the molecule is CCC(OC(=O)c1cnc2ccccc2n1)C(=O)Nc1nccs1. The topological polar surface area (TPSA) is 94.1 Å². The first-order valence-electron chi connectivity index (χ1n) is 7.30. The molecule has 1 N–H and O–H groups in total. The molecule has 0 saturated heterocycles. The molecule has 1 aromatic carbocycles. The van der Waals surface area contributed by atoms with E-state index in [4.69, 9.17) is 4.74 Å². The van der Waals surface area contributed by atoms with Gasteiger partial charge in [0.15, 0.2) is 16.9 Å². The molecule has 24 heavy (non-hydrogen) atoms. The molecule has 0 aliphatic heterocycles. The van der Waals surface area contributed by atoms with Crippen molar-refractivity contribution < 1.29 is 14.3 Å². The van der Waals surface area contributed by atoms with Crippen LogP contribution in [-0.2, 0) is 9.53 Å². The van der Waals surface area contributed by atoms with Gasteiger partial charge in [-0.05, 0) is 18.6 Å². The van der Waals surface area contributed by atoms with E-state index in [1.807, 2.05) is 12.1 Å². The lowest BCUT2D eigenvalue weighted by molar-refractivity contribution is -0.124. The molecule has 3 aromatic rings. The maximum Gasteiger partial charge on any atom is 0.359 e. The molecule has 3 rings (SSSR count). The van der Waals surface area contributed by atoms with E-state index in [-0.39, 0.29) is 5.69 Å². The number of ether oxygens (including phenoxy) is 1. The van der Waals surface area contributed by atoms with E-state index in [0.717, 1.165) is 0 Å². The van der Waals surface area contributed by atoms with Crippen LogP contribution < -0.4 is 5.32 Å². The molecule has 0 radical (unpaired) electrons. The number of hydrogen-bond acceptors (Lipinski definition) is 7. The van der Waals surface area contributed by atoms with Crippen LogP contribution >= 0.6 is 11.3 Å². The molecule has 0 spiro atoms. The zero-order chi connectivity index (χ0) is 16.9. The highest BCUT2D eigenvalue weighted by atomic mass is 32.1. The van der Waals surface area contributed by atoms with Gasteiger partial charge in [-0.2, -0.15) is 0 Å². The summed E-state index contributed by atoms with van der Waals surface area (Å²) in [6, 6.07) is 7.20. The Labute approximate surface area is 141 Å². The fraction of sp³-hybridized carbons (Fsp3) is 0.188. The highest BCUT2D eigenvalue weighted by Gasteiger charge is 2.23. The van der Waals surface area contributed by atoms with Crippen LogP contribution in [0.3, 0.4) is 0 Å². The number of fused-ring (bicyclic) bond motifs is 1. The maximum absolute atomic E-state index is 12.2. The Morgan fingerprint density at radius 3 is 2.75 bits per heavy atom. The normalized spacial score (nSPS) is 11.9. The lowest BCUT2D eigenvalue weighted by Gasteiger charge is -2.14. The Balaban J connectivity index is 1.72. The third kappa shape index (κ3) is 3.54. The number of thiazole rings is 1. The molecule has 0 saturated carbocycles. The molecule has 0 aliphatic rings. The van der Waals surface area contributed by atoms with Crippen molar-refractivity contribution in [3.8, 4) is 0 Å². The van der Waals surface area contributed by atoms with E-state index in [2.05, 4.69) is 20.3 Å². The zero-order valence-corrected chi connectivity index (χ0v) is 13.6. The quantitative estimate of drug-likeness (QED) is 0.716. The zero-order valence-electron chi connectivity index (χ0n) is 12.8. The third-order valence-corrected chi connectivity index (χ3v) is 3.92. The number of hydrogen-bond donors (Lipinski definition) is 1. The molecule has 7 nitrogen and oxygen atoms in total. The summed E-state index contributed by atoms with van der Waals surface area (Å²) in [6.45, 7) is 1.76. The summed E-state index contributed by atoms with van der Waals surface area (Å²) >= 11 is 1.29. The summed E-state index contributed by atoms with van der Waals surface area (Å²) in [7, 11) is 0. The molecule has 1 unspecified atom stereocenters. The number of benzene rings is 1. The van der Waals surface area contributed by atoms with Gasteiger partial charge in [-0.15, -0.1) is 11.3 Å². The highest BCUT2D eigenvalue weighted by Crippen LogP contribution is 2.14. The van der Waals surface area contributed by atoms with Crippen LogP contribution in [0.4, 0.5) is 5.13 Å². The molecule has 0 bridgehead atoms. The fourth-order valence-electron chi connectivity index (χ4n) is 2.04. The number of nitrogens with zero attached hydrogens (tertiary/aromatic N) is 3. The molecule has 1 atom stereocenters. The van der Waals surface area contributed by atoms with Crippen LogP contribution in [0, 0.1) is 0 Å². The van der Waals surface area contributed by atoms with E-state index < -0.39 is 18.0 Å². The predicted molar refractivity (Wildman–Crippen MR) is 89.8 cm³/mol. The maximum atomic E-state index is 12.2. The molecule has 0 fully saturated rings. The van der Waals surface area contributed by atoms with Gasteiger partial charge in [0.1, 0.15) is 0 Å². The molecular weight excluding hydrogens is 328 g/mol. The average Bonchev–Trinajstić information content (AvgIpc) is 3.11. The summed E-state index contributed by atoms with van der Waals surface area (Å²) in [4.78, 5) is 36.8. The highest BCUT2D eigenvalue weighted by molar-refractivity contribution is 7.13. The minimum Gasteiger partial charge on any atom is -0.447 e. The van der Waals surface area contributed by atoms with Crippen molar-refractivity contribution in [2.75, 3.05) is 5.32 Å². The smallest absolute Gasteiger partial charge is 0.359 e. The number of nitrogens with one attached hydrogen (secondary N) is 1. The lowest BCUT2D eigenvalue weighted by atomic mass is 10.2. The Kier molecular flexibility index (Phi) is 4.76.